The minimum Gasteiger partial charge on any atom is -0.448 e. The van der Waals surface area contributed by atoms with Crippen LogP contribution in [0, 0.1) is 0 Å². The van der Waals surface area contributed by atoms with E-state index in [-0.39, 0.29) is 11.9 Å². The Bertz CT molecular complexity index is 803. The second kappa shape index (κ2) is 6.64. The predicted molar refractivity (Wildman–Crippen MR) is 98.3 cm³/mol. The standard InChI is InChI=1S/C20H21NO3S/c1-13(19(22)21-11-10-14-6-2-4-8-16(14)21)24-20(23)18-12-15-7-3-5-9-17(15)25-18/h2,4,6,8,12-13H,3,5,7,9-11H2,1H3/t13-/m0/s1. The highest BCUT2D eigenvalue weighted by molar-refractivity contribution is 7.14. The molecule has 1 aliphatic carbocycles. The molecule has 1 aromatic carbocycles. The summed E-state index contributed by atoms with van der Waals surface area (Å²) in [5, 5.41) is 0. The second-order valence-electron chi connectivity index (χ2n) is 6.68. The molecule has 0 radical (unpaired) electrons. The normalized spacial score (nSPS) is 16.9. The number of anilines is 1. The first-order valence-electron chi connectivity index (χ1n) is 8.85. The molecule has 1 aliphatic heterocycles. The van der Waals surface area contributed by atoms with Crippen LogP contribution in [0.5, 0.6) is 0 Å². The van der Waals surface area contributed by atoms with Gasteiger partial charge in [0.25, 0.3) is 5.91 Å². The van der Waals surface area contributed by atoms with E-state index >= 15 is 0 Å². The van der Waals surface area contributed by atoms with Gasteiger partial charge in [0, 0.05) is 17.1 Å². The van der Waals surface area contributed by atoms with Gasteiger partial charge in [-0.2, -0.15) is 0 Å². The van der Waals surface area contributed by atoms with Crippen LogP contribution in [-0.4, -0.2) is 24.5 Å². The van der Waals surface area contributed by atoms with Crippen molar-refractivity contribution < 1.29 is 14.3 Å². The molecule has 1 amide bonds. The monoisotopic (exact) mass is 355 g/mol. The van der Waals surface area contributed by atoms with E-state index < -0.39 is 6.10 Å². The summed E-state index contributed by atoms with van der Waals surface area (Å²) in [7, 11) is 0. The number of hydrogen-bond donors (Lipinski definition) is 0. The van der Waals surface area contributed by atoms with Crippen molar-refractivity contribution in [1.82, 2.24) is 0 Å². The minimum atomic E-state index is -0.780. The van der Waals surface area contributed by atoms with Crippen LogP contribution >= 0.6 is 11.3 Å². The third-order valence-electron chi connectivity index (χ3n) is 4.98. The van der Waals surface area contributed by atoms with E-state index in [2.05, 4.69) is 0 Å². The van der Waals surface area contributed by atoms with Crippen molar-refractivity contribution in [2.45, 2.75) is 45.1 Å². The van der Waals surface area contributed by atoms with Gasteiger partial charge in [-0.25, -0.2) is 4.79 Å². The van der Waals surface area contributed by atoms with Gasteiger partial charge in [-0.05, 0) is 62.3 Å². The second-order valence-corrected chi connectivity index (χ2v) is 7.82. The van der Waals surface area contributed by atoms with Gasteiger partial charge in [0.15, 0.2) is 6.10 Å². The molecule has 2 aromatic rings. The van der Waals surface area contributed by atoms with Gasteiger partial charge in [0.2, 0.25) is 0 Å². The quantitative estimate of drug-likeness (QED) is 0.788. The Kier molecular flexibility index (Phi) is 4.34. The molecular weight excluding hydrogens is 334 g/mol. The van der Waals surface area contributed by atoms with E-state index in [9.17, 15) is 9.59 Å². The van der Waals surface area contributed by atoms with Crippen LogP contribution in [0.15, 0.2) is 30.3 Å². The number of ether oxygens (including phenoxy) is 1. The summed E-state index contributed by atoms with van der Waals surface area (Å²) < 4.78 is 5.48. The van der Waals surface area contributed by atoms with Gasteiger partial charge in [-0.1, -0.05) is 18.2 Å². The lowest BCUT2D eigenvalue weighted by atomic mass is 9.99. The summed E-state index contributed by atoms with van der Waals surface area (Å²) in [5.41, 5.74) is 3.37. The van der Waals surface area contributed by atoms with Crippen molar-refractivity contribution in [1.29, 1.82) is 0 Å². The van der Waals surface area contributed by atoms with Gasteiger partial charge >= 0.3 is 5.97 Å². The average Bonchev–Trinajstić information content (AvgIpc) is 3.25. The number of benzene rings is 1. The molecule has 0 spiro atoms. The topological polar surface area (TPSA) is 46.6 Å². The Morgan fingerprint density at radius 2 is 1.92 bits per heavy atom. The summed E-state index contributed by atoms with van der Waals surface area (Å²) in [4.78, 5) is 28.8. The Morgan fingerprint density at radius 1 is 1.12 bits per heavy atom. The summed E-state index contributed by atoms with van der Waals surface area (Å²) in [6.45, 7) is 2.31. The number of rotatable bonds is 3. The van der Waals surface area contributed by atoms with Crippen molar-refractivity contribution in [3.63, 3.8) is 0 Å². The molecule has 130 valence electrons. The Morgan fingerprint density at radius 3 is 2.76 bits per heavy atom. The van der Waals surface area contributed by atoms with E-state index in [0.29, 0.717) is 11.4 Å². The van der Waals surface area contributed by atoms with E-state index in [1.165, 1.54) is 40.2 Å². The maximum Gasteiger partial charge on any atom is 0.349 e. The van der Waals surface area contributed by atoms with E-state index in [0.717, 1.165) is 24.9 Å². The van der Waals surface area contributed by atoms with Gasteiger partial charge in [-0.3, -0.25) is 4.79 Å². The molecule has 4 rings (SSSR count). The highest BCUT2D eigenvalue weighted by atomic mass is 32.1. The maximum absolute atomic E-state index is 12.7. The van der Waals surface area contributed by atoms with Crippen molar-refractivity contribution in [2.24, 2.45) is 0 Å². The fourth-order valence-electron chi connectivity index (χ4n) is 3.65. The van der Waals surface area contributed by atoms with Crippen LogP contribution in [0.4, 0.5) is 5.69 Å². The number of amides is 1. The largest absolute Gasteiger partial charge is 0.448 e. The first-order chi connectivity index (χ1) is 12.1. The molecule has 2 aliphatic rings. The Hall–Kier alpha value is -2.14. The third kappa shape index (κ3) is 3.09. The number of carbonyl (C=O) groups is 2. The summed E-state index contributed by atoms with van der Waals surface area (Å²) >= 11 is 1.52. The summed E-state index contributed by atoms with van der Waals surface area (Å²) in [6.07, 6.45) is 4.52. The molecule has 4 nitrogen and oxygen atoms in total. The number of para-hydroxylation sites is 1. The fraction of sp³-hybridized carbons (Fsp3) is 0.400. The average molecular weight is 355 g/mol. The molecule has 1 aromatic heterocycles. The fourth-order valence-corrected chi connectivity index (χ4v) is 4.78. The van der Waals surface area contributed by atoms with Crippen LogP contribution in [0.2, 0.25) is 0 Å². The van der Waals surface area contributed by atoms with Crippen molar-refractivity contribution in [3.05, 3.63) is 51.2 Å². The first-order valence-corrected chi connectivity index (χ1v) is 9.67. The Balaban J connectivity index is 1.45. The molecule has 0 bridgehead atoms. The lowest BCUT2D eigenvalue weighted by Gasteiger charge is -2.21. The van der Waals surface area contributed by atoms with Gasteiger partial charge in [-0.15, -0.1) is 11.3 Å². The lowest BCUT2D eigenvalue weighted by Crippen LogP contribution is -2.39. The highest BCUT2D eigenvalue weighted by Crippen LogP contribution is 2.31. The van der Waals surface area contributed by atoms with Crippen LogP contribution in [-0.2, 0) is 28.8 Å². The molecule has 0 fully saturated rings. The lowest BCUT2D eigenvalue weighted by molar-refractivity contribution is -0.126. The zero-order valence-corrected chi connectivity index (χ0v) is 15.1. The van der Waals surface area contributed by atoms with Crippen LogP contribution < -0.4 is 4.90 Å². The zero-order valence-electron chi connectivity index (χ0n) is 14.3. The van der Waals surface area contributed by atoms with Crippen molar-refractivity contribution in [3.8, 4) is 0 Å². The third-order valence-corrected chi connectivity index (χ3v) is 6.20. The SMILES string of the molecule is C[C@H](OC(=O)c1cc2c(s1)CCCC2)C(=O)N1CCc2ccccc21. The van der Waals surface area contributed by atoms with Gasteiger partial charge in [0.1, 0.15) is 4.88 Å². The van der Waals surface area contributed by atoms with E-state index in [1.807, 2.05) is 30.3 Å². The summed E-state index contributed by atoms with van der Waals surface area (Å²) in [5.74, 6) is -0.535. The first kappa shape index (κ1) is 16.3. The number of nitrogens with zero attached hydrogens (tertiary/aromatic N) is 1. The number of aryl methyl sites for hydroxylation is 2. The van der Waals surface area contributed by atoms with Crippen LogP contribution in [0.25, 0.3) is 0 Å². The smallest absolute Gasteiger partial charge is 0.349 e. The molecule has 1 atom stereocenters. The molecular formula is C20H21NO3S. The predicted octanol–water partition coefficient (Wildman–Crippen LogP) is 3.76. The molecule has 0 saturated heterocycles. The minimum absolute atomic E-state index is 0.153. The number of fused-ring (bicyclic) bond motifs is 2. The molecule has 25 heavy (non-hydrogen) atoms. The number of esters is 1. The van der Waals surface area contributed by atoms with Crippen molar-refractivity contribution in [2.75, 3.05) is 11.4 Å². The number of thiophene rings is 1. The van der Waals surface area contributed by atoms with Crippen LogP contribution in [0.1, 0.15) is 45.4 Å². The highest BCUT2D eigenvalue weighted by Gasteiger charge is 2.30. The summed E-state index contributed by atoms with van der Waals surface area (Å²) in [6, 6.07) is 9.84. The molecule has 2 heterocycles. The van der Waals surface area contributed by atoms with E-state index in [4.69, 9.17) is 4.74 Å². The number of hydrogen-bond acceptors (Lipinski definition) is 4. The molecule has 0 unspecified atom stereocenters. The van der Waals surface area contributed by atoms with Gasteiger partial charge in [0.05, 0.1) is 0 Å². The number of carbonyl (C=O) groups excluding carboxylic acids is 2. The van der Waals surface area contributed by atoms with E-state index in [1.54, 1.807) is 11.8 Å². The van der Waals surface area contributed by atoms with Gasteiger partial charge < -0.3 is 9.64 Å². The molecule has 0 saturated carbocycles. The zero-order chi connectivity index (χ0) is 17.4. The molecule has 5 heteroatoms. The van der Waals surface area contributed by atoms with Crippen LogP contribution in [0.3, 0.4) is 0 Å². The maximum atomic E-state index is 12.7. The van der Waals surface area contributed by atoms with Crippen molar-refractivity contribution >= 4 is 28.9 Å². The molecule has 0 N–H and O–H groups in total. The Labute approximate surface area is 151 Å².